The molecule has 4 atom stereocenters. The topological polar surface area (TPSA) is 175 Å². The first-order valence-corrected chi connectivity index (χ1v) is 18.7. The van der Waals surface area contributed by atoms with Gasteiger partial charge in [-0.05, 0) is 81.3 Å². The van der Waals surface area contributed by atoms with E-state index in [1.165, 1.54) is 18.7 Å². The van der Waals surface area contributed by atoms with Gasteiger partial charge in [0.2, 0.25) is 17.7 Å². The Hall–Kier alpha value is -4.10. The number of Topliss-reactive ketones (excluding diaryl/α,β-unsaturated/α-hetero) is 1. The van der Waals surface area contributed by atoms with Gasteiger partial charge in [-0.25, -0.2) is 4.68 Å². The Morgan fingerprint density at radius 2 is 1.38 bits per heavy atom. The minimum atomic E-state index is -1.10. The van der Waals surface area contributed by atoms with E-state index in [1.807, 2.05) is 38.1 Å². The van der Waals surface area contributed by atoms with Crippen LogP contribution in [0, 0.1) is 11.8 Å². The predicted octanol–water partition coefficient (Wildman–Crippen LogP) is 3.52. The Morgan fingerprint density at radius 1 is 0.808 bits per heavy atom. The van der Waals surface area contributed by atoms with Crippen LogP contribution in [-0.2, 0) is 24.6 Å². The Labute approximate surface area is 310 Å². The van der Waals surface area contributed by atoms with Crippen molar-refractivity contribution in [1.29, 1.82) is 0 Å². The molecule has 1 aromatic heterocycles. The van der Waals surface area contributed by atoms with Crippen molar-refractivity contribution in [3.63, 3.8) is 0 Å². The highest BCUT2D eigenvalue weighted by molar-refractivity contribution is 5.98. The number of nitrogens with one attached hydrogen (secondary N) is 4. The van der Waals surface area contributed by atoms with E-state index in [2.05, 4.69) is 65.9 Å². The summed E-state index contributed by atoms with van der Waals surface area (Å²) in [5.74, 6) is -2.92. The fourth-order valence-corrected chi connectivity index (χ4v) is 5.69. The average Bonchev–Trinajstić information content (AvgIpc) is 3.59. The summed E-state index contributed by atoms with van der Waals surface area (Å²) in [5, 5.41) is 25.0. The van der Waals surface area contributed by atoms with Crippen molar-refractivity contribution in [2.75, 3.05) is 26.2 Å². The summed E-state index contributed by atoms with van der Waals surface area (Å²) >= 11 is 0. The monoisotopic (exact) mass is 725 g/mol. The number of carbonyl (C=O) groups is 5. The second-order valence-electron chi connectivity index (χ2n) is 15.2. The Kier molecular flexibility index (Phi) is 17.6. The standard InChI is InChI=1S/C39H63N7O6/c1-11-45(12-2)20-14-13-15-31(37(51)44-33(24-47)34(48)26(5)6)42-38(52)32(21-25(3)4)43-35(49)27(7)41-36(50)28-22-40-46(23-28)30-18-16-29(17-19-30)39(8,9)10/h16-19,22-23,25-27,31-33,47H,11-15,20-21,24H2,1-10H3,(H,41,50)(H,42,52)(H,43,49)(H,44,51)/t27-,31-,32-,33-/m0/s1. The third-order valence-corrected chi connectivity index (χ3v) is 9.08. The van der Waals surface area contributed by atoms with Crippen molar-refractivity contribution in [1.82, 2.24) is 35.9 Å². The van der Waals surface area contributed by atoms with E-state index in [0.717, 1.165) is 31.7 Å². The highest BCUT2D eigenvalue weighted by atomic mass is 16.3. The molecule has 0 aliphatic rings. The van der Waals surface area contributed by atoms with E-state index >= 15 is 0 Å². The Morgan fingerprint density at radius 3 is 1.92 bits per heavy atom. The van der Waals surface area contributed by atoms with Crippen molar-refractivity contribution in [3.8, 4) is 5.69 Å². The molecule has 0 aliphatic heterocycles. The quantitative estimate of drug-likeness (QED) is 0.122. The zero-order chi connectivity index (χ0) is 39.2. The number of amides is 4. The van der Waals surface area contributed by atoms with Crippen molar-refractivity contribution < 1.29 is 29.1 Å². The normalized spacial score (nSPS) is 14.1. The number of aliphatic hydroxyl groups excluding tert-OH is 1. The number of carbonyl (C=O) groups excluding carboxylic acids is 5. The predicted molar refractivity (Wildman–Crippen MR) is 203 cm³/mol. The molecule has 1 heterocycles. The van der Waals surface area contributed by atoms with Crippen LogP contribution in [0.5, 0.6) is 0 Å². The molecule has 52 heavy (non-hydrogen) atoms. The Bertz CT molecular complexity index is 1460. The number of unbranched alkanes of at least 4 members (excludes halogenated alkanes) is 1. The van der Waals surface area contributed by atoms with Crippen LogP contribution in [0.15, 0.2) is 36.7 Å². The SMILES string of the molecule is CCN(CC)CCCC[C@H](NC(=O)[C@H](CC(C)C)NC(=O)[C@H](C)NC(=O)c1cnn(-c2ccc(C(C)(C)C)cc2)c1)C(=O)N[C@@H](CO)C(=O)C(C)C. The molecule has 4 amide bonds. The summed E-state index contributed by atoms with van der Waals surface area (Å²) < 4.78 is 1.59. The van der Waals surface area contributed by atoms with Crippen LogP contribution in [0.2, 0.25) is 0 Å². The van der Waals surface area contributed by atoms with Gasteiger partial charge >= 0.3 is 0 Å². The van der Waals surface area contributed by atoms with Crippen molar-refractivity contribution in [3.05, 3.63) is 47.8 Å². The third-order valence-electron chi connectivity index (χ3n) is 9.08. The molecule has 0 aliphatic carbocycles. The fourth-order valence-electron chi connectivity index (χ4n) is 5.69. The molecule has 13 nitrogen and oxygen atoms in total. The number of aliphatic hydroxyl groups is 1. The molecule has 2 rings (SSSR count). The van der Waals surface area contributed by atoms with E-state index < -0.39 is 60.3 Å². The van der Waals surface area contributed by atoms with Crippen molar-refractivity contribution >= 4 is 29.4 Å². The molecule has 13 heteroatoms. The second-order valence-corrected chi connectivity index (χ2v) is 15.2. The van der Waals surface area contributed by atoms with E-state index in [1.54, 1.807) is 24.7 Å². The van der Waals surface area contributed by atoms with Crippen LogP contribution in [0.3, 0.4) is 0 Å². The summed E-state index contributed by atoms with van der Waals surface area (Å²) in [6, 6.07) is 3.83. The first-order valence-electron chi connectivity index (χ1n) is 18.7. The lowest BCUT2D eigenvalue weighted by atomic mass is 9.87. The van der Waals surface area contributed by atoms with Crippen LogP contribution in [0.25, 0.3) is 5.69 Å². The largest absolute Gasteiger partial charge is 0.394 e. The zero-order valence-corrected chi connectivity index (χ0v) is 32.9. The van der Waals surface area contributed by atoms with Gasteiger partial charge in [-0.3, -0.25) is 24.0 Å². The number of ketones is 1. The molecule has 290 valence electrons. The Balaban J connectivity index is 2.14. The maximum absolute atomic E-state index is 13.7. The number of benzene rings is 1. The van der Waals surface area contributed by atoms with Gasteiger partial charge in [0.1, 0.15) is 24.2 Å². The highest BCUT2D eigenvalue weighted by Crippen LogP contribution is 2.23. The third kappa shape index (κ3) is 13.8. The van der Waals surface area contributed by atoms with Crippen LogP contribution >= 0.6 is 0 Å². The van der Waals surface area contributed by atoms with Gasteiger partial charge in [0.05, 0.1) is 24.1 Å². The highest BCUT2D eigenvalue weighted by Gasteiger charge is 2.31. The van der Waals surface area contributed by atoms with E-state index in [9.17, 15) is 29.1 Å². The number of hydrogen-bond donors (Lipinski definition) is 5. The molecule has 0 fully saturated rings. The first kappa shape index (κ1) is 44.1. The molecule has 0 spiro atoms. The first-order chi connectivity index (χ1) is 24.4. The molecule has 2 aromatic rings. The fraction of sp³-hybridized carbons (Fsp3) is 0.641. The molecule has 0 unspecified atom stereocenters. The number of hydrogen-bond acceptors (Lipinski definition) is 8. The van der Waals surface area contributed by atoms with Crippen LogP contribution in [0.1, 0.15) is 111 Å². The lowest BCUT2D eigenvalue weighted by molar-refractivity contribution is -0.134. The maximum Gasteiger partial charge on any atom is 0.255 e. The van der Waals surface area contributed by atoms with Crippen LogP contribution in [0.4, 0.5) is 0 Å². The molecule has 5 N–H and O–H groups in total. The summed E-state index contributed by atoms with van der Waals surface area (Å²) in [7, 11) is 0. The van der Waals surface area contributed by atoms with E-state index in [4.69, 9.17) is 0 Å². The van der Waals surface area contributed by atoms with Gasteiger partial charge in [-0.15, -0.1) is 0 Å². The molecule has 1 aromatic carbocycles. The van der Waals surface area contributed by atoms with Gasteiger partial charge < -0.3 is 31.3 Å². The lowest BCUT2D eigenvalue weighted by Crippen LogP contribution is -2.58. The van der Waals surface area contributed by atoms with Gasteiger partial charge in [0.25, 0.3) is 5.91 Å². The minimum Gasteiger partial charge on any atom is -0.394 e. The molecule has 0 radical (unpaired) electrons. The van der Waals surface area contributed by atoms with Crippen LogP contribution in [-0.4, -0.2) is 99.6 Å². The van der Waals surface area contributed by atoms with Crippen LogP contribution < -0.4 is 21.3 Å². The number of nitrogens with zero attached hydrogens (tertiary/aromatic N) is 3. The van der Waals surface area contributed by atoms with E-state index in [0.29, 0.717) is 12.8 Å². The molecule has 0 saturated carbocycles. The second kappa shape index (κ2) is 20.8. The minimum absolute atomic E-state index is 0.000577. The summed E-state index contributed by atoms with van der Waals surface area (Å²) in [6.45, 7) is 21.3. The molecular weight excluding hydrogens is 662 g/mol. The maximum atomic E-state index is 13.7. The summed E-state index contributed by atoms with van der Waals surface area (Å²) in [5.41, 5.74) is 2.22. The smallest absolute Gasteiger partial charge is 0.255 e. The summed E-state index contributed by atoms with van der Waals surface area (Å²) in [4.78, 5) is 68.5. The molecular formula is C39H63N7O6. The molecule has 0 saturated heterocycles. The number of aromatic nitrogens is 2. The lowest BCUT2D eigenvalue weighted by Gasteiger charge is -2.27. The summed E-state index contributed by atoms with van der Waals surface area (Å²) in [6.07, 6.45) is 5.01. The average molecular weight is 726 g/mol. The van der Waals surface area contributed by atoms with Gasteiger partial charge in [0.15, 0.2) is 5.78 Å². The van der Waals surface area contributed by atoms with Gasteiger partial charge in [-0.1, -0.05) is 74.4 Å². The van der Waals surface area contributed by atoms with Crippen molar-refractivity contribution in [2.45, 2.75) is 125 Å². The zero-order valence-electron chi connectivity index (χ0n) is 32.9. The number of rotatable bonds is 21. The molecule has 0 bridgehead atoms. The van der Waals surface area contributed by atoms with Gasteiger partial charge in [0, 0.05) is 12.1 Å². The van der Waals surface area contributed by atoms with Crippen molar-refractivity contribution in [2.24, 2.45) is 11.8 Å². The van der Waals surface area contributed by atoms with E-state index in [-0.39, 0.29) is 29.1 Å². The van der Waals surface area contributed by atoms with Gasteiger partial charge in [-0.2, -0.15) is 5.10 Å².